The average Bonchev–Trinajstić information content (AvgIpc) is 2.23. The summed E-state index contributed by atoms with van der Waals surface area (Å²) in [6, 6.07) is 7.95. The van der Waals surface area contributed by atoms with Gasteiger partial charge in [-0.2, -0.15) is 0 Å². The van der Waals surface area contributed by atoms with Gasteiger partial charge in [-0.1, -0.05) is 25.5 Å². The topological polar surface area (TPSA) is 20.3 Å². The fraction of sp³-hybridized carbons (Fsp3) is 0.500. The van der Waals surface area contributed by atoms with E-state index in [2.05, 4.69) is 17.9 Å². The first kappa shape index (κ1) is 11.2. The van der Waals surface area contributed by atoms with Crippen molar-refractivity contribution in [2.75, 3.05) is 18.0 Å². The molecule has 1 aliphatic heterocycles. The van der Waals surface area contributed by atoms with Crippen LogP contribution >= 0.6 is 0 Å². The maximum absolute atomic E-state index is 11.3. The molecular weight excluding hydrogens is 198 g/mol. The number of hydrogen-bond acceptors (Lipinski definition) is 2. The Bertz CT molecular complexity index is 380. The second-order valence-corrected chi connectivity index (χ2v) is 4.67. The van der Waals surface area contributed by atoms with Crippen molar-refractivity contribution in [2.24, 2.45) is 5.92 Å². The SMILES string of the molecule is CCCC1CN(c2cccc(C(C)=O)c2)C1. The summed E-state index contributed by atoms with van der Waals surface area (Å²) in [6.45, 7) is 6.15. The monoisotopic (exact) mass is 217 g/mol. The molecule has 0 aromatic heterocycles. The number of carbonyl (C=O) groups excluding carboxylic acids is 1. The Morgan fingerprint density at radius 1 is 1.44 bits per heavy atom. The molecule has 1 saturated heterocycles. The molecule has 0 spiro atoms. The summed E-state index contributed by atoms with van der Waals surface area (Å²) < 4.78 is 0. The number of carbonyl (C=O) groups is 1. The van der Waals surface area contributed by atoms with Crippen LogP contribution in [0.15, 0.2) is 24.3 Å². The van der Waals surface area contributed by atoms with Gasteiger partial charge in [-0.25, -0.2) is 0 Å². The molecule has 1 aromatic rings. The zero-order valence-corrected chi connectivity index (χ0v) is 10.1. The minimum atomic E-state index is 0.146. The predicted octanol–water partition coefficient (Wildman–Crippen LogP) is 3.13. The molecule has 0 radical (unpaired) electrons. The van der Waals surface area contributed by atoms with Crippen LogP contribution in [0.4, 0.5) is 5.69 Å². The van der Waals surface area contributed by atoms with Gasteiger partial charge in [0.1, 0.15) is 0 Å². The molecule has 0 amide bonds. The number of benzene rings is 1. The number of anilines is 1. The standard InChI is InChI=1S/C14H19NO/c1-3-5-12-9-15(10-12)14-7-4-6-13(8-14)11(2)16/h4,6-8,12H,3,5,9-10H2,1-2H3. The van der Waals surface area contributed by atoms with E-state index in [9.17, 15) is 4.79 Å². The van der Waals surface area contributed by atoms with Crippen molar-refractivity contribution in [3.05, 3.63) is 29.8 Å². The van der Waals surface area contributed by atoms with E-state index < -0.39 is 0 Å². The van der Waals surface area contributed by atoms with Crippen molar-refractivity contribution in [2.45, 2.75) is 26.7 Å². The lowest BCUT2D eigenvalue weighted by Gasteiger charge is -2.41. The van der Waals surface area contributed by atoms with E-state index in [1.54, 1.807) is 6.92 Å². The molecule has 2 rings (SSSR count). The minimum absolute atomic E-state index is 0.146. The number of Topliss-reactive ketones (excluding diaryl/α,β-unsaturated/α-hetero) is 1. The zero-order chi connectivity index (χ0) is 11.5. The number of nitrogens with zero attached hydrogens (tertiary/aromatic N) is 1. The molecule has 1 aromatic carbocycles. The van der Waals surface area contributed by atoms with E-state index in [-0.39, 0.29) is 5.78 Å². The van der Waals surface area contributed by atoms with Crippen LogP contribution in [0, 0.1) is 5.92 Å². The van der Waals surface area contributed by atoms with E-state index in [0.717, 1.165) is 24.6 Å². The number of hydrogen-bond donors (Lipinski definition) is 0. The molecule has 86 valence electrons. The highest BCUT2D eigenvalue weighted by Crippen LogP contribution is 2.27. The van der Waals surface area contributed by atoms with Crippen LogP contribution in [0.3, 0.4) is 0 Å². The van der Waals surface area contributed by atoms with Crippen LogP contribution in [-0.4, -0.2) is 18.9 Å². The number of ketones is 1. The smallest absolute Gasteiger partial charge is 0.159 e. The third-order valence-corrected chi connectivity index (χ3v) is 3.27. The molecule has 2 nitrogen and oxygen atoms in total. The molecule has 1 fully saturated rings. The molecule has 0 N–H and O–H groups in total. The average molecular weight is 217 g/mol. The molecule has 0 aliphatic carbocycles. The Morgan fingerprint density at radius 3 is 2.81 bits per heavy atom. The molecular formula is C14H19NO. The van der Waals surface area contributed by atoms with Crippen LogP contribution in [-0.2, 0) is 0 Å². The fourth-order valence-electron chi connectivity index (χ4n) is 2.29. The highest BCUT2D eigenvalue weighted by molar-refractivity contribution is 5.95. The lowest BCUT2D eigenvalue weighted by atomic mass is 9.94. The van der Waals surface area contributed by atoms with E-state index in [1.165, 1.54) is 18.5 Å². The van der Waals surface area contributed by atoms with Crippen LogP contribution in [0.2, 0.25) is 0 Å². The van der Waals surface area contributed by atoms with Crippen molar-refractivity contribution >= 4 is 11.5 Å². The summed E-state index contributed by atoms with van der Waals surface area (Å²) in [4.78, 5) is 13.6. The largest absolute Gasteiger partial charge is 0.371 e. The maximum atomic E-state index is 11.3. The van der Waals surface area contributed by atoms with Gasteiger partial charge in [0.2, 0.25) is 0 Å². The highest BCUT2D eigenvalue weighted by Gasteiger charge is 2.25. The third-order valence-electron chi connectivity index (χ3n) is 3.27. The highest BCUT2D eigenvalue weighted by atomic mass is 16.1. The quantitative estimate of drug-likeness (QED) is 0.722. The normalized spacial score (nSPS) is 16.0. The van der Waals surface area contributed by atoms with Crippen LogP contribution in [0.25, 0.3) is 0 Å². The predicted molar refractivity (Wildman–Crippen MR) is 67.1 cm³/mol. The molecule has 1 aliphatic rings. The van der Waals surface area contributed by atoms with Crippen molar-refractivity contribution in [1.82, 2.24) is 0 Å². The van der Waals surface area contributed by atoms with Gasteiger partial charge in [0.05, 0.1) is 0 Å². The van der Waals surface area contributed by atoms with Gasteiger partial charge < -0.3 is 4.90 Å². The second kappa shape index (κ2) is 4.69. The van der Waals surface area contributed by atoms with Crippen molar-refractivity contribution in [1.29, 1.82) is 0 Å². The molecule has 16 heavy (non-hydrogen) atoms. The van der Waals surface area contributed by atoms with Crippen LogP contribution in [0.1, 0.15) is 37.0 Å². The second-order valence-electron chi connectivity index (χ2n) is 4.67. The van der Waals surface area contributed by atoms with Gasteiger partial charge in [-0.3, -0.25) is 4.79 Å². The van der Waals surface area contributed by atoms with Crippen molar-refractivity contribution < 1.29 is 4.79 Å². The first-order chi connectivity index (χ1) is 7.70. The van der Waals surface area contributed by atoms with Crippen LogP contribution < -0.4 is 4.90 Å². The summed E-state index contributed by atoms with van der Waals surface area (Å²) in [5.74, 6) is 0.999. The van der Waals surface area contributed by atoms with E-state index in [4.69, 9.17) is 0 Å². The molecule has 2 heteroatoms. The lowest BCUT2D eigenvalue weighted by molar-refractivity contribution is 0.101. The Hall–Kier alpha value is -1.31. The zero-order valence-electron chi connectivity index (χ0n) is 10.1. The van der Waals surface area contributed by atoms with Crippen LogP contribution in [0.5, 0.6) is 0 Å². The third kappa shape index (κ3) is 2.26. The van der Waals surface area contributed by atoms with E-state index in [1.807, 2.05) is 18.2 Å². The minimum Gasteiger partial charge on any atom is -0.371 e. The molecule has 0 bridgehead atoms. The van der Waals surface area contributed by atoms with Crippen molar-refractivity contribution in [3.8, 4) is 0 Å². The first-order valence-electron chi connectivity index (χ1n) is 6.06. The summed E-state index contributed by atoms with van der Waals surface area (Å²) >= 11 is 0. The Morgan fingerprint density at radius 2 is 2.19 bits per heavy atom. The fourth-order valence-corrected chi connectivity index (χ4v) is 2.29. The Kier molecular flexibility index (Phi) is 3.28. The molecule has 0 atom stereocenters. The summed E-state index contributed by atoms with van der Waals surface area (Å²) in [6.07, 6.45) is 2.59. The van der Waals surface area contributed by atoms with E-state index in [0.29, 0.717) is 0 Å². The van der Waals surface area contributed by atoms with Gasteiger partial charge in [0, 0.05) is 24.3 Å². The molecule has 0 unspecified atom stereocenters. The Labute approximate surface area is 97.3 Å². The Balaban J connectivity index is 2.01. The van der Waals surface area contributed by atoms with E-state index >= 15 is 0 Å². The maximum Gasteiger partial charge on any atom is 0.159 e. The summed E-state index contributed by atoms with van der Waals surface area (Å²) in [7, 11) is 0. The van der Waals surface area contributed by atoms with Gasteiger partial charge in [0.25, 0.3) is 0 Å². The summed E-state index contributed by atoms with van der Waals surface area (Å²) in [5, 5.41) is 0. The number of rotatable bonds is 4. The summed E-state index contributed by atoms with van der Waals surface area (Å²) in [5.41, 5.74) is 2.01. The van der Waals surface area contributed by atoms with Crippen molar-refractivity contribution in [3.63, 3.8) is 0 Å². The van der Waals surface area contributed by atoms with Gasteiger partial charge in [-0.15, -0.1) is 0 Å². The van der Waals surface area contributed by atoms with Gasteiger partial charge in [-0.05, 0) is 31.4 Å². The van der Waals surface area contributed by atoms with Gasteiger partial charge in [0.15, 0.2) is 5.78 Å². The lowest BCUT2D eigenvalue weighted by Crippen LogP contribution is -2.46. The molecule has 0 saturated carbocycles. The van der Waals surface area contributed by atoms with Gasteiger partial charge >= 0.3 is 0 Å². The first-order valence-corrected chi connectivity index (χ1v) is 6.06. The molecule has 1 heterocycles.